The topological polar surface area (TPSA) is 33.5 Å². The number of thioether (sulfide) groups is 1. The first-order chi connectivity index (χ1) is 9.56. The molecule has 0 aliphatic rings. The summed E-state index contributed by atoms with van der Waals surface area (Å²) in [5.41, 5.74) is 1.17. The van der Waals surface area contributed by atoms with Crippen LogP contribution in [-0.4, -0.2) is 23.6 Å². The molecule has 3 nitrogen and oxygen atoms in total. The number of halogens is 1. The van der Waals surface area contributed by atoms with Crippen molar-refractivity contribution < 1.29 is 9.21 Å². The van der Waals surface area contributed by atoms with E-state index in [1.165, 1.54) is 5.56 Å². The molecule has 20 heavy (non-hydrogen) atoms. The molecule has 0 atom stereocenters. The van der Waals surface area contributed by atoms with E-state index in [0.717, 1.165) is 15.1 Å². The lowest BCUT2D eigenvalue weighted by Gasteiger charge is -2.15. The molecule has 0 aliphatic heterocycles. The molecule has 1 aromatic heterocycles. The van der Waals surface area contributed by atoms with Gasteiger partial charge in [-0.1, -0.05) is 15.9 Å². The number of hydrogen-bond acceptors (Lipinski definition) is 3. The van der Waals surface area contributed by atoms with E-state index >= 15 is 0 Å². The van der Waals surface area contributed by atoms with Crippen molar-refractivity contribution >= 4 is 33.6 Å². The summed E-state index contributed by atoms with van der Waals surface area (Å²) in [6.45, 7) is 2.55. The van der Waals surface area contributed by atoms with Crippen molar-refractivity contribution in [2.24, 2.45) is 0 Å². The molecule has 2 aromatic rings. The van der Waals surface area contributed by atoms with E-state index in [-0.39, 0.29) is 5.91 Å². The van der Waals surface area contributed by atoms with Crippen molar-refractivity contribution in [2.75, 3.05) is 12.8 Å². The van der Waals surface area contributed by atoms with Crippen LogP contribution in [0.1, 0.15) is 11.3 Å². The summed E-state index contributed by atoms with van der Waals surface area (Å²) in [7, 11) is 1.79. The molecule has 0 unspecified atom stereocenters. The maximum absolute atomic E-state index is 12.1. The fourth-order valence-corrected chi connectivity index (χ4v) is 3.17. The third kappa shape index (κ3) is 4.15. The summed E-state index contributed by atoms with van der Waals surface area (Å²) in [4.78, 5) is 14.9. The molecular formula is C15H16BrNO2S. The van der Waals surface area contributed by atoms with Crippen LogP contribution >= 0.6 is 27.7 Å². The summed E-state index contributed by atoms with van der Waals surface area (Å²) in [6.07, 6.45) is 1.62. The van der Waals surface area contributed by atoms with Crippen molar-refractivity contribution in [1.29, 1.82) is 0 Å². The first-order valence-electron chi connectivity index (χ1n) is 6.21. The fourth-order valence-electron chi connectivity index (χ4n) is 1.75. The van der Waals surface area contributed by atoms with Gasteiger partial charge in [-0.2, -0.15) is 0 Å². The summed E-state index contributed by atoms with van der Waals surface area (Å²) >= 11 is 5.00. The molecule has 2 rings (SSSR count). The number of carbonyl (C=O) groups is 1. The van der Waals surface area contributed by atoms with Gasteiger partial charge in [0.05, 0.1) is 18.6 Å². The van der Waals surface area contributed by atoms with E-state index in [2.05, 4.69) is 22.0 Å². The van der Waals surface area contributed by atoms with Gasteiger partial charge in [0.2, 0.25) is 5.91 Å². The molecule has 0 bridgehead atoms. The molecule has 1 amide bonds. The Morgan fingerprint density at radius 2 is 2.20 bits per heavy atom. The van der Waals surface area contributed by atoms with Crippen molar-refractivity contribution in [3.8, 4) is 0 Å². The Kier molecular flexibility index (Phi) is 5.31. The van der Waals surface area contributed by atoms with Crippen LogP contribution in [0, 0.1) is 6.92 Å². The Morgan fingerprint density at radius 1 is 1.40 bits per heavy atom. The van der Waals surface area contributed by atoms with E-state index < -0.39 is 0 Å². The van der Waals surface area contributed by atoms with Crippen molar-refractivity contribution in [2.45, 2.75) is 18.4 Å². The zero-order chi connectivity index (χ0) is 14.5. The van der Waals surface area contributed by atoms with Crippen LogP contribution in [0.3, 0.4) is 0 Å². The lowest BCUT2D eigenvalue weighted by molar-refractivity contribution is -0.127. The van der Waals surface area contributed by atoms with Crippen molar-refractivity contribution in [3.05, 3.63) is 52.4 Å². The number of hydrogen-bond donors (Lipinski definition) is 0. The SMILES string of the molecule is Cc1cc(Br)ccc1SCC(=O)N(C)Cc1ccco1. The summed E-state index contributed by atoms with van der Waals surface area (Å²) in [5.74, 6) is 1.32. The average molecular weight is 354 g/mol. The van der Waals surface area contributed by atoms with Crippen molar-refractivity contribution in [1.82, 2.24) is 4.90 Å². The quantitative estimate of drug-likeness (QED) is 0.758. The number of nitrogens with zero attached hydrogens (tertiary/aromatic N) is 1. The molecule has 5 heteroatoms. The first-order valence-corrected chi connectivity index (χ1v) is 7.99. The first kappa shape index (κ1) is 15.2. The molecule has 0 spiro atoms. The van der Waals surface area contributed by atoms with Crippen LogP contribution in [0.4, 0.5) is 0 Å². The molecule has 106 valence electrons. The number of amides is 1. The number of aryl methyl sites for hydroxylation is 1. The monoisotopic (exact) mass is 353 g/mol. The van der Waals surface area contributed by atoms with E-state index in [4.69, 9.17) is 4.42 Å². The average Bonchev–Trinajstić information content (AvgIpc) is 2.90. The summed E-state index contributed by atoms with van der Waals surface area (Å²) < 4.78 is 6.30. The van der Waals surface area contributed by atoms with Gasteiger partial charge in [-0.25, -0.2) is 0 Å². The second-order valence-corrected chi connectivity index (χ2v) is 6.46. The standard InChI is InChI=1S/C15H16BrNO2S/c1-11-8-12(16)5-6-14(11)20-10-15(18)17(2)9-13-4-3-7-19-13/h3-8H,9-10H2,1-2H3. The second kappa shape index (κ2) is 6.99. The van der Waals surface area contributed by atoms with Gasteiger partial charge in [-0.3, -0.25) is 4.79 Å². The molecule has 0 saturated carbocycles. The second-order valence-electron chi connectivity index (χ2n) is 4.53. The van der Waals surface area contributed by atoms with Gasteiger partial charge in [0.25, 0.3) is 0 Å². The molecule has 0 saturated heterocycles. The molecule has 0 aliphatic carbocycles. The van der Waals surface area contributed by atoms with Gasteiger partial charge in [-0.05, 0) is 42.8 Å². The normalized spacial score (nSPS) is 10.6. The highest BCUT2D eigenvalue weighted by Gasteiger charge is 2.11. The highest BCUT2D eigenvalue weighted by atomic mass is 79.9. The number of carbonyl (C=O) groups excluding carboxylic acids is 1. The molecule has 0 N–H and O–H groups in total. The summed E-state index contributed by atoms with van der Waals surface area (Å²) in [5, 5.41) is 0. The molecular weight excluding hydrogens is 338 g/mol. The van der Waals surface area contributed by atoms with Gasteiger partial charge < -0.3 is 9.32 Å². The van der Waals surface area contributed by atoms with E-state index in [1.54, 1.807) is 30.0 Å². The predicted molar refractivity (Wildman–Crippen MR) is 84.8 cm³/mol. The zero-order valence-electron chi connectivity index (χ0n) is 11.4. The Bertz CT molecular complexity index is 584. The maximum atomic E-state index is 12.1. The smallest absolute Gasteiger partial charge is 0.233 e. The summed E-state index contributed by atoms with van der Waals surface area (Å²) in [6, 6.07) is 9.78. The van der Waals surface area contributed by atoms with E-state index in [1.807, 2.05) is 31.2 Å². The third-order valence-electron chi connectivity index (χ3n) is 2.89. The molecule has 0 radical (unpaired) electrons. The van der Waals surface area contributed by atoms with Crippen LogP contribution in [0.25, 0.3) is 0 Å². The maximum Gasteiger partial charge on any atom is 0.233 e. The fraction of sp³-hybridized carbons (Fsp3) is 0.267. The van der Waals surface area contributed by atoms with Gasteiger partial charge in [0.15, 0.2) is 0 Å². The van der Waals surface area contributed by atoms with Gasteiger partial charge in [0.1, 0.15) is 5.76 Å². The minimum absolute atomic E-state index is 0.0914. The van der Waals surface area contributed by atoms with Gasteiger partial charge >= 0.3 is 0 Å². The minimum atomic E-state index is 0.0914. The van der Waals surface area contributed by atoms with Gasteiger partial charge in [0, 0.05) is 16.4 Å². The van der Waals surface area contributed by atoms with Crippen LogP contribution in [0.2, 0.25) is 0 Å². The molecule has 0 fully saturated rings. The largest absolute Gasteiger partial charge is 0.467 e. The highest BCUT2D eigenvalue weighted by Crippen LogP contribution is 2.25. The number of rotatable bonds is 5. The predicted octanol–water partition coefficient (Wildman–Crippen LogP) is 4.10. The Morgan fingerprint density at radius 3 is 2.85 bits per heavy atom. The Balaban J connectivity index is 1.88. The van der Waals surface area contributed by atoms with E-state index in [0.29, 0.717) is 12.3 Å². The Hall–Kier alpha value is -1.20. The lowest BCUT2D eigenvalue weighted by atomic mass is 10.2. The molecule has 1 aromatic carbocycles. The van der Waals surface area contributed by atoms with Crippen LogP contribution in [0.15, 0.2) is 50.4 Å². The van der Waals surface area contributed by atoms with Crippen LogP contribution in [-0.2, 0) is 11.3 Å². The van der Waals surface area contributed by atoms with Crippen LogP contribution < -0.4 is 0 Å². The Labute approximate surface area is 131 Å². The number of benzene rings is 1. The van der Waals surface area contributed by atoms with Crippen LogP contribution in [0.5, 0.6) is 0 Å². The minimum Gasteiger partial charge on any atom is -0.467 e. The third-order valence-corrected chi connectivity index (χ3v) is 4.54. The van der Waals surface area contributed by atoms with Crippen molar-refractivity contribution in [3.63, 3.8) is 0 Å². The van der Waals surface area contributed by atoms with E-state index in [9.17, 15) is 4.79 Å². The van der Waals surface area contributed by atoms with Gasteiger partial charge in [-0.15, -0.1) is 11.8 Å². The highest BCUT2D eigenvalue weighted by molar-refractivity contribution is 9.10. The zero-order valence-corrected chi connectivity index (χ0v) is 13.8. The lowest BCUT2D eigenvalue weighted by Crippen LogP contribution is -2.27. The number of furan rings is 1. The molecule has 1 heterocycles.